The number of fused-ring (bicyclic) bond motifs is 1. The van der Waals surface area contributed by atoms with Gasteiger partial charge in [0.2, 0.25) is 0 Å². The van der Waals surface area contributed by atoms with Gasteiger partial charge in [-0.3, -0.25) is 4.98 Å². The lowest BCUT2D eigenvalue weighted by molar-refractivity contribution is 0.0801. The minimum atomic E-state index is -0.834. The van der Waals surface area contributed by atoms with Gasteiger partial charge in [0.15, 0.2) is 0 Å². The Morgan fingerprint density at radius 1 is 1.12 bits per heavy atom. The molecule has 1 aromatic heterocycles. The van der Waals surface area contributed by atoms with E-state index in [1.807, 2.05) is 45.9 Å². The molecule has 2 nitrogen and oxygen atoms in total. The molecule has 0 amide bonds. The molecule has 0 saturated heterocycles. The van der Waals surface area contributed by atoms with Crippen LogP contribution in [0.4, 0.5) is 0 Å². The molecule has 0 aliphatic heterocycles. The van der Waals surface area contributed by atoms with E-state index in [4.69, 9.17) is 0 Å². The Balaban J connectivity index is 2.85. The monoisotopic (exact) mass is 215 g/mol. The average Bonchev–Trinajstić information content (AvgIpc) is 2.16. The van der Waals surface area contributed by atoms with Crippen LogP contribution >= 0.6 is 0 Å². The fourth-order valence-electron chi connectivity index (χ4n) is 1.98. The van der Waals surface area contributed by atoms with Gasteiger partial charge >= 0.3 is 0 Å². The second kappa shape index (κ2) is 3.56. The molecule has 1 aromatic carbocycles. The number of hydrogen-bond donors (Lipinski definition) is 1. The topological polar surface area (TPSA) is 33.1 Å². The van der Waals surface area contributed by atoms with E-state index in [-0.39, 0.29) is 0 Å². The number of aryl methyl sites for hydroxylation is 2. The molecule has 0 unspecified atom stereocenters. The highest BCUT2D eigenvalue weighted by Crippen LogP contribution is 2.28. The molecule has 2 aromatic rings. The van der Waals surface area contributed by atoms with E-state index in [1.54, 1.807) is 0 Å². The standard InChI is InChI=1S/C14H17NO/c1-9-5-6-13-11(7-9)12(14(3,4)16)8-10(2)15-13/h5-8,16H,1-4H3. The summed E-state index contributed by atoms with van der Waals surface area (Å²) in [6.07, 6.45) is 0. The summed E-state index contributed by atoms with van der Waals surface area (Å²) in [5, 5.41) is 11.2. The molecule has 2 rings (SSSR count). The van der Waals surface area contributed by atoms with Crippen LogP contribution in [0.3, 0.4) is 0 Å². The lowest BCUT2D eigenvalue weighted by Gasteiger charge is -2.20. The number of rotatable bonds is 1. The van der Waals surface area contributed by atoms with Crippen LogP contribution in [0.25, 0.3) is 10.9 Å². The molecule has 0 radical (unpaired) electrons. The van der Waals surface area contributed by atoms with Crippen LogP contribution < -0.4 is 0 Å². The van der Waals surface area contributed by atoms with Crippen molar-refractivity contribution in [3.05, 3.63) is 41.1 Å². The van der Waals surface area contributed by atoms with Gasteiger partial charge in [-0.05, 0) is 51.5 Å². The van der Waals surface area contributed by atoms with Gasteiger partial charge in [-0.2, -0.15) is 0 Å². The number of nitrogens with zero attached hydrogens (tertiary/aromatic N) is 1. The Morgan fingerprint density at radius 3 is 2.44 bits per heavy atom. The summed E-state index contributed by atoms with van der Waals surface area (Å²) in [6, 6.07) is 8.09. The Hall–Kier alpha value is -1.41. The van der Waals surface area contributed by atoms with Crippen molar-refractivity contribution in [2.45, 2.75) is 33.3 Å². The Bertz CT molecular complexity index is 538. The van der Waals surface area contributed by atoms with E-state index in [0.717, 1.165) is 22.2 Å². The van der Waals surface area contributed by atoms with E-state index >= 15 is 0 Å². The normalized spacial score (nSPS) is 12.1. The molecular formula is C14H17NO. The molecule has 1 N–H and O–H groups in total. The maximum atomic E-state index is 10.2. The van der Waals surface area contributed by atoms with Gasteiger partial charge in [-0.1, -0.05) is 11.6 Å². The Labute approximate surface area is 96.0 Å². The first-order valence-electron chi connectivity index (χ1n) is 5.49. The van der Waals surface area contributed by atoms with Crippen molar-refractivity contribution in [3.63, 3.8) is 0 Å². The van der Waals surface area contributed by atoms with Crippen LogP contribution in [0.5, 0.6) is 0 Å². The zero-order valence-electron chi connectivity index (χ0n) is 10.2. The third kappa shape index (κ3) is 1.93. The summed E-state index contributed by atoms with van der Waals surface area (Å²) in [5.41, 5.74) is 3.18. The van der Waals surface area contributed by atoms with Crippen LogP contribution in [0.2, 0.25) is 0 Å². The number of benzene rings is 1. The van der Waals surface area contributed by atoms with Crippen LogP contribution in [0.1, 0.15) is 30.7 Å². The number of aromatic nitrogens is 1. The van der Waals surface area contributed by atoms with Crippen molar-refractivity contribution in [3.8, 4) is 0 Å². The maximum Gasteiger partial charge on any atom is 0.0847 e. The predicted octanol–water partition coefficient (Wildman–Crippen LogP) is 3.08. The second-order valence-electron chi connectivity index (χ2n) is 4.89. The third-order valence-corrected chi connectivity index (χ3v) is 2.75. The van der Waals surface area contributed by atoms with Gasteiger partial charge in [-0.15, -0.1) is 0 Å². The van der Waals surface area contributed by atoms with E-state index < -0.39 is 5.60 Å². The maximum absolute atomic E-state index is 10.2. The van der Waals surface area contributed by atoms with Crippen molar-refractivity contribution in [1.82, 2.24) is 4.98 Å². The Kier molecular flexibility index (Phi) is 2.47. The second-order valence-corrected chi connectivity index (χ2v) is 4.89. The van der Waals surface area contributed by atoms with Crippen LogP contribution in [-0.2, 0) is 5.60 Å². The van der Waals surface area contributed by atoms with Crippen LogP contribution in [0.15, 0.2) is 24.3 Å². The van der Waals surface area contributed by atoms with E-state index in [1.165, 1.54) is 5.56 Å². The van der Waals surface area contributed by atoms with Gasteiger partial charge in [-0.25, -0.2) is 0 Å². The first kappa shape index (κ1) is 11.1. The van der Waals surface area contributed by atoms with Crippen molar-refractivity contribution < 1.29 is 5.11 Å². The van der Waals surface area contributed by atoms with Gasteiger partial charge in [0.05, 0.1) is 11.1 Å². The number of hydrogen-bond acceptors (Lipinski definition) is 2. The van der Waals surface area contributed by atoms with Gasteiger partial charge in [0.1, 0.15) is 0 Å². The first-order valence-corrected chi connectivity index (χ1v) is 5.49. The van der Waals surface area contributed by atoms with E-state index in [0.29, 0.717) is 0 Å². The SMILES string of the molecule is Cc1ccc2nc(C)cc(C(C)(C)O)c2c1. The van der Waals surface area contributed by atoms with Crippen molar-refractivity contribution in [1.29, 1.82) is 0 Å². The Morgan fingerprint density at radius 2 is 1.81 bits per heavy atom. The third-order valence-electron chi connectivity index (χ3n) is 2.75. The summed E-state index contributed by atoms with van der Waals surface area (Å²) in [5.74, 6) is 0. The fourth-order valence-corrected chi connectivity index (χ4v) is 1.98. The van der Waals surface area contributed by atoms with Crippen molar-refractivity contribution in [2.24, 2.45) is 0 Å². The highest BCUT2D eigenvalue weighted by molar-refractivity contribution is 5.83. The summed E-state index contributed by atoms with van der Waals surface area (Å²) in [4.78, 5) is 4.48. The predicted molar refractivity (Wildman–Crippen MR) is 66.5 cm³/mol. The molecule has 1 heterocycles. The zero-order chi connectivity index (χ0) is 11.9. The molecule has 0 fully saturated rings. The first-order chi connectivity index (χ1) is 7.38. The number of aliphatic hydroxyl groups is 1. The van der Waals surface area contributed by atoms with Crippen LogP contribution in [0, 0.1) is 13.8 Å². The quantitative estimate of drug-likeness (QED) is 0.793. The minimum absolute atomic E-state index is 0.834. The summed E-state index contributed by atoms with van der Waals surface area (Å²) in [7, 11) is 0. The van der Waals surface area contributed by atoms with Gasteiger partial charge in [0.25, 0.3) is 0 Å². The van der Waals surface area contributed by atoms with Crippen molar-refractivity contribution in [2.75, 3.05) is 0 Å². The van der Waals surface area contributed by atoms with E-state index in [9.17, 15) is 5.11 Å². The molecule has 16 heavy (non-hydrogen) atoms. The molecule has 0 aliphatic carbocycles. The highest BCUT2D eigenvalue weighted by atomic mass is 16.3. The lowest BCUT2D eigenvalue weighted by Crippen LogP contribution is -2.16. The molecular weight excluding hydrogens is 198 g/mol. The zero-order valence-corrected chi connectivity index (χ0v) is 10.2. The number of pyridine rings is 1. The summed E-state index contributed by atoms with van der Waals surface area (Å²) in [6.45, 7) is 7.62. The van der Waals surface area contributed by atoms with Gasteiger partial charge < -0.3 is 5.11 Å². The molecule has 2 heteroatoms. The summed E-state index contributed by atoms with van der Waals surface area (Å²) >= 11 is 0. The van der Waals surface area contributed by atoms with Gasteiger partial charge in [0, 0.05) is 11.1 Å². The van der Waals surface area contributed by atoms with Crippen molar-refractivity contribution >= 4 is 10.9 Å². The largest absolute Gasteiger partial charge is 0.386 e. The minimum Gasteiger partial charge on any atom is -0.386 e. The lowest BCUT2D eigenvalue weighted by atomic mass is 9.93. The molecule has 0 spiro atoms. The molecule has 84 valence electrons. The smallest absolute Gasteiger partial charge is 0.0847 e. The molecule has 0 saturated carbocycles. The van der Waals surface area contributed by atoms with E-state index in [2.05, 4.69) is 11.1 Å². The fraction of sp³-hybridized carbons (Fsp3) is 0.357. The summed E-state index contributed by atoms with van der Waals surface area (Å²) < 4.78 is 0. The molecule has 0 aliphatic rings. The average molecular weight is 215 g/mol. The van der Waals surface area contributed by atoms with Crippen LogP contribution in [-0.4, -0.2) is 10.1 Å². The highest BCUT2D eigenvalue weighted by Gasteiger charge is 2.19. The molecule has 0 bridgehead atoms. The molecule has 0 atom stereocenters.